The van der Waals surface area contributed by atoms with Crippen LogP contribution in [-0.4, -0.2) is 20.4 Å². The molecule has 4 heteroatoms. The summed E-state index contributed by atoms with van der Waals surface area (Å²) in [5.74, 6) is 1.58. The van der Waals surface area contributed by atoms with E-state index < -0.39 is 0 Å². The minimum atomic E-state index is 0.766. The number of hydrazone groups is 1. The molecule has 0 aliphatic heterocycles. The standard InChI is InChI=1S/C16H18N2O2/c1-12-9-16(20-3)13(10-15(12)19-2)11-17-18-14-7-5-4-6-8-14/h4-11,18H,1-3H3. The Kier molecular flexibility index (Phi) is 4.60. The van der Waals surface area contributed by atoms with Gasteiger partial charge in [-0.1, -0.05) is 18.2 Å². The zero-order chi connectivity index (χ0) is 14.4. The highest BCUT2D eigenvalue weighted by Crippen LogP contribution is 2.27. The topological polar surface area (TPSA) is 42.8 Å². The third-order valence-corrected chi connectivity index (χ3v) is 2.92. The zero-order valence-electron chi connectivity index (χ0n) is 11.9. The Morgan fingerprint density at radius 1 is 1.00 bits per heavy atom. The molecule has 0 fully saturated rings. The maximum absolute atomic E-state index is 5.35. The summed E-state index contributed by atoms with van der Waals surface area (Å²) in [4.78, 5) is 0. The van der Waals surface area contributed by atoms with Gasteiger partial charge in [0.05, 0.1) is 26.1 Å². The lowest BCUT2D eigenvalue weighted by molar-refractivity contribution is 0.400. The Balaban J connectivity index is 2.19. The molecule has 0 amide bonds. The summed E-state index contributed by atoms with van der Waals surface area (Å²) < 4.78 is 10.7. The number of hydrogen-bond acceptors (Lipinski definition) is 4. The van der Waals surface area contributed by atoms with E-state index in [-0.39, 0.29) is 0 Å². The number of nitrogens with one attached hydrogen (secondary N) is 1. The summed E-state index contributed by atoms with van der Waals surface area (Å²) in [6.07, 6.45) is 1.72. The largest absolute Gasteiger partial charge is 0.496 e. The molecule has 0 radical (unpaired) electrons. The van der Waals surface area contributed by atoms with Gasteiger partial charge in [0.25, 0.3) is 0 Å². The fourth-order valence-electron chi connectivity index (χ4n) is 1.86. The third kappa shape index (κ3) is 3.29. The number of rotatable bonds is 5. The average molecular weight is 270 g/mol. The van der Waals surface area contributed by atoms with Crippen LogP contribution in [0.15, 0.2) is 47.6 Å². The first-order chi connectivity index (χ1) is 9.74. The fraction of sp³-hybridized carbons (Fsp3) is 0.188. The van der Waals surface area contributed by atoms with Gasteiger partial charge in [-0.15, -0.1) is 0 Å². The first-order valence-electron chi connectivity index (χ1n) is 6.31. The Morgan fingerprint density at radius 3 is 2.35 bits per heavy atom. The SMILES string of the molecule is COc1cc(C=NNc2ccccc2)c(OC)cc1C. The molecule has 0 bridgehead atoms. The second-order valence-corrected chi connectivity index (χ2v) is 4.30. The summed E-state index contributed by atoms with van der Waals surface area (Å²) in [6, 6.07) is 13.6. The minimum absolute atomic E-state index is 0.766. The molecule has 2 aromatic rings. The molecule has 0 aliphatic carbocycles. The van der Waals surface area contributed by atoms with E-state index in [0.717, 1.165) is 28.3 Å². The summed E-state index contributed by atoms with van der Waals surface area (Å²) in [5.41, 5.74) is 5.79. The lowest BCUT2D eigenvalue weighted by Gasteiger charge is -2.10. The van der Waals surface area contributed by atoms with Crippen LogP contribution < -0.4 is 14.9 Å². The quantitative estimate of drug-likeness (QED) is 0.668. The Bertz CT molecular complexity index is 595. The maximum Gasteiger partial charge on any atom is 0.128 e. The lowest BCUT2D eigenvalue weighted by Crippen LogP contribution is -1.97. The number of anilines is 1. The van der Waals surface area contributed by atoms with Crippen LogP contribution in [-0.2, 0) is 0 Å². The molecule has 0 heterocycles. The van der Waals surface area contributed by atoms with Crippen molar-refractivity contribution in [3.8, 4) is 11.5 Å². The van der Waals surface area contributed by atoms with Crippen LogP contribution in [0.4, 0.5) is 5.69 Å². The van der Waals surface area contributed by atoms with E-state index in [1.807, 2.05) is 49.4 Å². The van der Waals surface area contributed by atoms with E-state index in [2.05, 4.69) is 10.5 Å². The van der Waals surface area contributed by atoms with Gasteiger partial charge in [-0.3, -0.25) is 5.43 Å². The van der Waals surface area contributed by atoms with Gasteiger partial charge in [0.15, 0.2) is 0 Å². The molecule has 0 aromatic heterocycles. The monoisotopic (exact) mass is 270 g/mol. The Morgan fingerprint density at radius 2 is 1.70 bits per heavy atom. The highest BCUT2D eigenvalue weighted by atomic mass is 16.5. The Labute approximate surface area is 119 Å². The van der Waals surface area contributed by atoms with E-state index in [1.54, 1.807) is 20.4 Å². The van der Waals surface area contributed by atoms with Crippen LogP contribution in [0.3, 0.4) is 0 Å². The first kappa shape index (κ1) is 13.9. The van der Waals surface area contributed by atoms with E-state index in [1.165, 1.54) is 0 Å². The molecular weight excluding hydrogens is 252 g/mol. The molecule has 0 aliphatic rings. The molecule has 0 saturated carbocycles. The summed E-state index contributed by atoms with van der Waals surface area (Å²) in [5, 5.41) is 4.21. The molecular formula is C16H18N2O2. The van der Waals surface area contributed by atoms with Gasteiger partial charge in [0.2, 0.25) is 0 Å². The minimum Gasteiger partial charge on any atom is -0.496 e. The number of nitrogens with zero attached hydrogens (tertiary/aromatic N) is 1. The maximum atomic E-state index is 5.35. The first-order valence-corrected chi connectivity index (χ1v) is 6.31. The van der Waals surface area contributed by atoms with Crippen LogP contribution in [0.2, 0.25) is 0 Å². The third-order valence-electron chi connectivity index (χ3n) is 2.92. The molecule has 0 saturated heterocycles. The van der Waals surface area contributed by atoms with Gasteiger partial charge in [0.1, 0.15) is 11.5 Å². The molecule has 4 nitrogen and oxygen atoms in total. The van der Waals surface area contributed by atoms with Crippen LogP contribution in [0.25, 0.3) is 0 Å². The van der Waals surface area contributed by atoms with Crippen LogP contribution >= 0.6 is 0 Å². The van der Waals surface area contributed by atoms with Crippen LogP contribution in [0, 0.1) is 6.92 Å². The summed E-state index contributed by atoms with van der Waals surface area (Å²) in [7, 11) is 3.29. The smallest absolute Gasteiger partial charge is 0.128 e. The molecule has 2 rings (SSSR count). The normalized spacial score (nSPS) is 10.6. The van der Waals surface area contributed by atoms with Crippen molar-refractivity contribution in [2.45, 2.75) is 6.92 Å². The molecule has 2 aromatic carbocycles. The molecule has 1 N–H and O–H groups in total. The zero-order valence-corrected chi connectivity index (χ0v) is 11.9. The molecule has 0 atom stereocenters. The van der Waals surface area contributed by atoms with Crippen molar-refractivity contribution in [3.63, 3.8) is 0 Å². The van der Waals surface area contributed by atoms with E-state index in [9.17, 15) is 0 Å². The number of benzene rings is 2. The van der Waals surface area contributed by atoms with Crippen molar-refractivity contribution in [2.24, 2.45) is 5.10 Å². The number of para-hydroxylation sites is 1. The van der Waals surface area contributed by atoms with Gasteiger partial charge in [-0.25, -0.2) is 0 Å². The van der Waals surface area contributed by atoms with Gasteiger partial charge in [-0.2, -0.15) is 5.10 Å². The summed E-state index contributed by atoms with van der Waals surface area (Å²) >= 11 is 0. The van der Waals surface area contributed by atoms with E-state index in [0.29, 0.717) is 0 Å². The van der Waals surface area contributed by atoms with Crippen molar-refractivity contribution in [3.05, 3.63) is 53.6 Å². The van der Waals surface area contributed by atoms with Crippen molar-refractivity contribution < 1.29 is 9.47 Å². The number of methoxy groups -OCH3 is 2. The molecule has 0 spiro atoms. The van der Waals surface area contributed by atoms with E-state index in [4.69, 9.17) is 9.47 Å². The molecule has 0 unspecified atom stereocenters. The number of aryl methyl sites for hydroxylation is 1. The van der Waals surface area contributed by atoms with Gasteiger partial charge >= 0.3 is 0 Å². The van der Waals surface area contributed by atoms with Crippen LogP contribution in [0.5, 0.6) is 11.5 Å². The van der Waals surface area contributed by atoms with Crippen molar-refractivity contribution in [1.29, 1.82) is 0 Å². The highest BCUT2D eigenvalue weighted by Gasteiger charge is 2.06. The van der Waals surface area contributed by atoms with Gasteiger partial charge < -0.3 is 9.47 Å². The predicted octanol–water partition coefficient (Wildman–Crippen LogP) is 3.46. The predicted molar refractivity (Wildman–Crippen MR) is 81.9 cm³/mol. The average Bonchev–Trinajstić information content (AvgIpc) is 2.49. The van der Waals surface area contributed by atoms with Crippen molar-refractivity contribution in [2.75, 3.05) is 19.6 Å². The second kappa shape index (κ2) is 6.61. The van der Waals surface area contributed by atoms with Gasteiger partial charge in [0, 0.05) is 5.56 Å². The lowest BCUT2D eigenvalue weighted by atomic mass is 10.1. The number of ether oxygens (including phenoxy) is 2. The van der Waals surface area contributed by atoms with E-state index >= 15 is 0 Å². The molecule has 20 heavy (non-hydrogen) atoms. The molecule has 104 valence electrons. The fourth-order valence-corrected chi connectivity index (χ4v) is 1.86. The van der Waals surface area contributed by atoms with Crippen LogP contribution in [0.1, 0.15) is 11.1 Å². The summed E-state index contributed by atoms with van der Waals surface area (Å²) in [6.45, 7) is 1.98. The number of hydrogen-bond donors (Lipinski definition) is 1. The van der Waals surface area contributed by atoms with Crippen molar-refractivity contribution >= 4 is 11.9 Å². The van der Waals surface area contributed by atoms with Crippen molar-refractivity contribution in [1.82, 2.24) is 0 Å². The Hall–Kier alpha value is -2.49. The highest BCUT2D eigenvalue weighted by molar-refractivity contribution is 5.85. The second-order valence-electron chi connectivity index (χ2n) is 4.30. The van der Waals surface area contributed by atoms with Gasteiger partial charge in [-0.05, 0) is 36.8 Å².